The second-order valence-electron chi connectivity index (χ2n) is 6.75. The normalized spacial score (nSPS) is 17.2. The number of nitrogens with zero attached hydrogens (tertiary/aromatic N) is 1. The minimum Gasteiger partial charge on any atom is -0.495 e. The topological polar surface area (TPSA) is 60.0 Å². The molecule has 3 rings (SSSR count). The lowest BCUT2D eigenvalue weighted by Crippen LogP contribution is -2.40. The summed E-state index contributed by atoms with van der Waals surface area (Å²) in [5.74, 6) is 0.708. The zero-order valence-corrected chi connectivity index (χ0v) is 17.1. The van der Waals surface area contributed by atoms with Gasteiger partial charge in [0.15, 0.2) is 0 Å². The van der Waals surface area contributed by atoms with Crippen LogP contribution < -0.4 is 14.8 Å². The molecule has 1 atom stereocenters. The number of hydrogen-bond donors (Lipinski definition) is 1. The van der Waals surface area contributed by atoms with Gasteiger partial charge in [0.2, 0.25) is 0 Å². The van der Waals surface area contributed by atoms with Gasteiger partial charge in [0, 0.05) is 37.3 Å². The molecule has 1 saturated heterocycles. The molecule has 0 bridgehead atoms. The number of carbonyl (C=O) groups is 1. The van der Waals surface area contributed by atoms with Gasteiger partial charge in [0.1, 0.15) is 11.5 Å². The first-order valence-electron chi connectivity index (χ1n) is 9.16. The SMILES string of the molecule is COc1cc(NC(=O)c2ccc(CN3CCO[C@@H](C)C3)cc2)c(OC)cc1Cl. The first-order valence-corrected chi connectivity index (χ1v) is 9.53. The number of amides is 1. The summed E-state index contributed by atoms with van der Waals surface area (Å²) in [6.07, 6.45) is 0.255. The zero-order chi connectivity index (χ0) is 20.1. The number of carbonyl (C=O) groups excluding carboxylic acids is 1. The van der Waals surface area contributed by atoms with Gasteiger partial charge in [-0.25, -0.2) is 0 Å². The molecule has 0 aromatic heterocycles. The monoisotopic (exact) mass is 404 g/mol. The number of methoxy groups -OCH3 is 2. The Balaban J connectivity index is 1.68. The highest BCUT2D eigenvalue weighted by molar-refractivity contribution is 6.32. The van der Waals surface area contributed by atoms with E-state index in [2.05, 4.69) is 17.1 Å². The van der Waals surface area contributed by atoms with Gasteiger partial charge in [0.05, 0.1) is 37.6 Å². The Kier molecular flexibility index (Phi) is 6.78. The van der Waals surface area contributed by atoms with Crippen LogP contribution in [0.15, 0.2) is 36.4 Å². The third kappa shape index (κ3) is 4.95. The minimum absolute atomic E-state index is 0.228. The Morgan fingerprint density at radius 1 is 1.21 bits per heavy atom. The predicted octanol–water partition coefficient (Wildman–Crippen LogP) is 3.83. The fourth-order valence-electron chi connectivity index (χ4n) is 3.21. The van der Waals surface area contributed by atoms with E-state index in [0.717, 1.165) is 31.8 Å². The largest absolute Gasteiger partial charge is 0.495 e. The van der Waals surface area contributed by atoms with Gasteiger partial charge in [0.25, 0.3) is 5.91 Å². The molecule has 0 radical (unpaired) electrons. The average molecular weight is 405 g/mol. The highest BCUT2D eigenvalue weighted by Crippen LogP contribution is 2.36. The Morgan fingerprint density at radius 2 is 1.93 bits per heavy atom. The van der Waals surface area contributed by atoms with Crippen molar-refractivity contribution in [3.05, 3.63) is 52.5 Å². The molecular formula is C21H25ClN2O4. The number of ether oxygens (including phenoxy) is 3. The summed E-state index contributed by atoms with van der Waals surface area (Å²) in [6, 6.07) is 10.9. The van der Waals surface area contributed by atoms with Crippen molar-refractivity contribution >= 4 is 23.2 Å². The van der Waals surface area contributed by atoms with Crippen molar-refractivity contribution in [1.82, 2.24) is 4.90 Å². The van der Waals surface area contributed by atoms with Gasteiger partial charge in [-0.3, -0.25) is 9.69 Å². The Bertz CT molecular complexity index is 826. The van der Waals surface area contributed by atoms with Crippen LogP contribution in [-0.4, -0.2) is 50.8 Å². The molecule has 0 aliphatic carbocycles. The maximum Gasteiger partial charge on any atom is 0.255 e. The third-order valence-corrected chi connectivity index (χ3v) is 4.96. The van der Waals surface area contributed by atoms with Gasteiger partial charge >= 0.3 is 0 Å². The fourth-order valence-corrected chi connectivity index (χ4v) is 3.44. The van der Waals surface area contributed by atoms with E-state index in [1.54, 1.807) is 12.1 Å². The van der Waals surface area contributed by atoms with Crippen molar-refractivity contribution in [3.63, 3.8) is 0 Å². The van der Waals surface area contributed by atoms with E-state index in [0.29, 0.717) is 27.8 Å². The van der Waals surface area contributed by atoms with Crippen molar-refractivity contribution in [2.45, 2.75) is 19.6 Å². The number of hydrogen-bond acceptors (Lipinski definition) is 5. The van der Waals surface area contributed by atoms with E-state index < -0.39 is 0 Å². The smallest absolute Gasteiger partial charge is 0.255 e. The molecule has 1 heterocycles. The number of rotatable bonds is 6. The lowest BCUT2D eigenvalue weighted by Gasteiger charge is -2.31. The van der Waals surface area contributed by atoms with Crippen molar-refractivity contribution in [2.24, 2.45) is 0 Å². The van der Waals surface area contributed by atoms with E-state index in [1.165, 1.54) is 14.2 Å². The van der Waals surface area contributed by atoms with Crippen molar-refractivity contribution in [2.75, 3.05) is 39.2 Å². The number of anilines is 1. The molecular weight excluding hydrogens is 380 g/mol. The van der Waals surface area contributed by atoms with Gasteiger partial charge in [-0.05, 0) is 24.6 Å². The van der Waals surface area contributed by atoms with E-state index in [1.807, 2.05) is 24.3 Å². The van der Waals surface area contributed by atoms with Crippen LogP contribution in [-0.2, 0) is 11.3 Å². The van der Waals surface area contributed by atoms with Gasteiger partial charge in [-0.1, -0.05) is 23.7 Å². The van der Waals surface area contributed by atoms with E-state index >= 15 is 0 Å². The first-order chi connectivity index (χ1) is 13.5. The summed E-state index contributed by atoms with van der Waals surface area (Å²) >= 11 is 6.11. The molecule has 1 aliphatic heterocycles. The standard InChI is InChI=1S/C21H25ClN2O4/c1-14-12-24(8-9-28-14)13-15-4-6-16(7-5-15)21(25)23-18-11-19(26-2)17(22)10-20(18)27-3/h4-7,10-11,14H,8-9,12-13H2,1-3H3,(H,23,25)/t14-/m0/s1. The number of halogens is 1. The van der Waals surface area contributed by atoms with Crippen LogP contribution in [0.4, 0.5) is 5.69 Å². The summed E-state index contributed by atoms with van der Waals surface area (Å²) in [5.41, 5.74) is 2.23. The lowest BCUT2D eigenvalue weighted by molar-refractivity contribution is -0.0212. The summed E-state index contributed by atoms with van der Waals surface area (Å²) in [6.45, 7) is 5.52. The Labute approximate surface area is 170 Å². The Morgan fingerprint density at radius 3 is 2.57 bits per heavy atom. The first kappa shape index (κ1) is 20.5. The average Bonchev–Trinajstić information content (AvgIpc) is 2.69. The second kappa shape index (κ2) is 9.28. The highest BCUT2D eigenvalue weighted by Gasteiger charge is 2.17. The zero-order valence-electron chi connectivity index (χ0n) is 16.3. The summed E-state index contributed by atoms with van der Waals surface area (Å²) < 4.78 is 16.1. The van der Waals surface area contributed by atoms with Gasteiger partial charge in [-0.2, -0.15) is 0 Å². The number of nitrogens with one attached hydrogen (secondary N) is 1. The molecule has 0 saturated carbocycles. The molecule has 2 aromatic carbocycles. The molecule has 0 spiro atoms. The fraction of sp³-hybridized carbons (Fsp3) is 0.381. The van der Waals surface area contributed by atoms with Crippen LogP contribution in [0.3, 0.4) is 0 Å². The summed E-state index contributed by atoms with van der Waals surface area (Å²) in [4.78, 5) is 15.0. The second-order valence-corrected chi connectivity index (χ2v) is 7.16. The molecule has 7 heteroatoms. The molecule has 6 nitrogen and oxygen atoms in total. The molecule has 0 unspecified atom stereocenters. The molecule has 2 aromatic rings. The summed E-state index contributed by atoms with van der Waals surface area (Å²) in [7, 11) is 3.04. The quantitative estimate of drug-likeness (QED) is 0.792. The van der Waals surface area contributed by atoms with Crippen molar-refractivity contribution in [1.29, 1.82) is 0 Å². The van der Waals surface area contributed by atoms with Crippen LogP contribution >= 0.6 is 11.6 Å². The molecule has 28 heavy (non-hydrogen) atoms. The van der Waals surface area contributed by atoms with Gasteiger partial charge < -0.3 is 19.5 Å². The number of morpholine rings is 1. The molecule has 150 valence electrons. The molecule has 1 amide bonds. The molecule has 1 fully saturated rings. The Hall–Kier alpha value is -2.28. The molecule has 1 N–H and O–H groups in total. The van der Waals surface area contributed by atoms with Crippen LogP contribution in [0.2, 0.25) is 5.02 Å². The predicted molar refractivity (Wildman–Crippen MR) is 110 cm³/mol. The van der Waals surface area contributed by atoms with E-state index in [9.17, 15) is 4.79 Å². The maximum atomic E-state index is 12.6. The van der Waals surface area contributed by atoms with Crippen LogP contribution in [0, 0.1) is 0 Å². The summed E-state index contributed by atoms with van der Waals surface area (Å²) in [5, 5.41) is 3.27. The van der Waals surface area contributed by atoms with E-state index in [4.69, 9.17) is 25.8 Å². The van der Waals surface area contributed by atoms with Crippen LogP contribution in [0.25, 0.3) is 0 Å². The van der Waals surface area contributed by atoms with Crippen molar-refractivity contribution < 1.29 is 19.0 Å². The van der Waals surface area contributed by atoms with Crippen molar-refractivity contribution in [3.8, 4) is 11.5 Å². The minimum atomic E-state index is -0.228. The lowest BCUT2D eigenvalue weighted by atomic mass is 10.1. The van der Waals surface area contributed by atoms with Crippen LogP contribution in [0.1, 0.15) is 22.8 Å². The van der Waals surface area contributed by atoms with E-state index in [-0.39, 0.29) is 12.0 Å². The third-order valence-electron chi connectivity index (χ3n) is 4.67. The maximum absolute atomic E-state index is 12.6. The van der Waals surface area contributed by atoms with Crippen LogP contribution in [0.5, 0.6) is 11.5 Å². The van der Waals surface area contributed by atoms with Gasteiger partial charge in [-0.15, -0.1) is 0 Å². The molecule has 1 aliphatic rings. The highest BCUT2D eigenvalue weighted by atomic mass is 35.5. The number of benzene rings is 2.